The molecule has 1 aromatic heterocycles. The highest BCUT2D eigenvalue weighted by Crippen LogP contribution is 2.10. The van der Waals surface area contributed by atoms with E-state index in [1.165, 1.54) is 0 Å². The average molecular weight is 197 g/mol. The molecule has 0 bridgehead atoms. The second kappa shape index (κ2) is 5.14. The van der Waals surface area contributed by atoms with Gasteiger partial charge in [0, 0.05) is 11.3 Å². The van der Waals surface area contributed by atoms with Gasteiger partial charge in [0.25, 0.3) is 0 Å². The summed E-state index contributed by atoms with van der Waals surface area (Å²) in [6, 6.07) is 3.66. The number of rotatable bonds is 5. The van der Waals surface area contributed by atoms with Crippen molar-refractivity contribution in [3.05, 3.63) is 22.4 Å². The molecule has 72 valence electrons. The van der Waals surface area contributed by atoms with Gasteiger partial charge in [-0.25, -0.2) is 0 Å². The van der Waals surface area contributed by atoms with E-state index in [4.69, 9.17) is 5.73 Å². The third-order valence-corrected chi connectivity index (χ3v) is 2.82. The fraction of sp³-hybridized carbons (Fsp3) is 0.500. The predicted octanol–water partition coefficient (Wildman–Crippen LogP) is 1.99. The molecule has 0 spiro atoms. The van der Waals surface area contributed by atoms with Crippen molar-refractivity contribution in [1.29, 1.82) is 0 Å². The fourth-order valence-corrected chi connectivity index (χ4v) is 1.90. The van der Waals surface area contributed by atoms with Crippen LogP contribution in [0.3, 0.4) is 0 Å². The van der Waals surface area contributed by atoms with Crippen LogP contribution >= 0.6 is 11.3 Å². The number of thiophene rings is 1. The van der Waals surface area contributed by atoms with Crippen LogP contribution < -0.4 is 5.73 Å². The number of carbonyl (C=O) groups is 1. The van der Waals surface area contributed by atoms with Gasteiger partial charge in [0.2, 0.25) is 0 Å². The maximum Gasteiger partial charge on any atom is 0.154 e. The van der Waals surface area contributed by atoms with E-state index in [1.54, 1.807) is 11.3 Å². The molecule has 0 fully saturated rings. The molecule has 0 aliphatic heterocycles. The van der Waals surface area contributed by atoms with E-state index >= 15 is 0 Å². The van der Waals surface area contributed by atoms with Crippen molar-refractivity contribution in [2.75, 3.05) is 0 Å². The summed E-state index contributed by atoms with van der Waals surface area (Å²) in [4.78, 5) is 12.6. The van der Waals surface area contributed by atoms with Crippen molar-refractivity contribution in [1.82, 2.24) is 0 Å². The lowest BCUT2D eigenvalue weighted by atomic mass is 10.1. The van der Waals surface area contributed by atoms with E-state index in [0.717, 1.165) is 17.7 Å². The maximum absolute atomic E-state index is 11.5. The summed E-state index contributed by atoms with van der Waals surface area (Å²) in [7, 11) is 0. The van der Waals surface area contributed by atoms with Crippen molar-refractivity contribution in [3.63, 3.8) is 0 Å². The zero-order chi connectivity index (χ0) is 9.68. The molecule has 1 heterocycles. The van der Waals surface area contributed by atoms with Gasteiger partial charge in [-0.15, -0.1) is 11.3 Å². The van der Waals surface area contributed by atoms with Gasteiger partial charge in [0.15, 0.2) is 5.78 Å². The molecule has 0 amide bonds. The van der Waals surface area contributed by atoms with Crippen LogP contribution in [0.25, 0.3) is 0 Å². The molecule has 0 aromatic carbocycles. The zero-order valence-electron chi connectivity index (χ0n) is 7.82. The summed E-state index contributed by atoms with van der Waals surface area (Å²) in [6.07, 6.45) is 2.26. The van der Waals surface area contributed by atoms with E-state index in [-0.39, 0.29) is 11.8 Å². The van der Waals surface area contributed by atoms with Gasteiger partial charge in [-0.2, -0.15) is 0 Å². The highest BCUT2D eigenvalue weighted by Gasteiger charge is 2.12. The van der Waals surface area contributed by atoms with Crippen molar-refractivity contribution in [3.8, 4) is 0 Å². The summed E-state index contributed by atoms with van der Waals surface area (Å²) >= 11 is 1.61. The first-order valence-corrected chi connectivity index (χ1v) is 5.42. The van der Waals surface area contributed by atoms with E-state index in [0.29, 0.717) is 6.42 Å². The summed E-state index contributed by atoms with van der Waals surface area (Å²) < 4.78 is 0. The van der Waals surface area contributed by atoms with Crippen LogP contribution in [-0.4, -0.2) is 11.8 Å². The Bertz CT molecular complexity index is 256. The molecule has 1 unspecified atom stereocenters. The molecule has 1 rings (SSSR count). The van der Waals surface area contributed by atoms with Crippen LogP contribution in [0.4, 0.5) is 0 Å². The lowest BCUT2D eigenvalue weighted by Gasteiger charge is -2.07. The van der Waals surface area contributed by atoms with Gasteiger partial charge in [-0.3, -0.25) is 4.79 Å². The van der Waals surface area contributed by atoms with Crippen LogP contribution in [0.15, 0.2) is 17.5 Å². The van der Waals surface area contributed by atoms with Crippen LogP contribution in [-0.2, 0) is 11.2 Å². The minimum absolute atomic E-state index is 0.157. The van der Waals surface area contributed by atoms with Crippen molar-refractivity contribution in [2.45, 2.75) is 32.2 Å². The SMILES string of the molecule is CCCC(N)C(=O)Cc1cccs1. The number of nitrogens with two attached hydrogens (primary N) is 1. The average Bonchev–Trinajstić information content (AvgIpc) is 2.57. The number of hydrogen-bond acceptors (Lipinski definition) is 3. The third-order valence-electron chi connectivity index (χ3n) is 1.94. The third kappa shape index (κ3) is 3.28. The summed E-state index contributed by atoms with van der Waals surface area (Å²) in [5.41, 5.74) is 5.70. The quantitative estimate of drug-likeness (QED) is 0.784. The molecule has 1 aromatic rings. The van der Waals surface area contributed by atoms with E-state index in [1.807, 2.05) is 24.4 Å². The topological polar surface area (TPSA) is 43.1 Å². The molecule has 3 heteroatoms. The lowest BCUT2D eigenvalue weighted by molar-refractivity contribution is -0.119. The maximum atomic E-state index is 11.5. The smallest absolute Gasteiger partial charge is 0.154 e. The number of Topliss-reactive ketones (excluding diaryl/α,β-unsaturated/α-hetero) is 1. The van der Waals surface area contributed by atoms with Gasteiger partial charge < -0.3 is 5.73 Å². The van der Waals surface area contributed by atoms with Gasteiger partial charge in [0.1, 0.15) is 0 Å². The van der Waals surface area contributed by atoms with Gasteiger partial charge in [-0.1, -0.05) is 19.4 Å². The Morgan fingerprint density at radius 2 is 2.46 bits per heavy atom. The fourth-order valence-electron chi connectivity index (χ4n) is 1.19. The lowest BCUT2D eigenvalue weighted by Crippen LogP contribution is -2.31. The van der Waals surface area contributed by atoms with Crippen LogP contribution in [0.5, 0.6) is 0 Å². The van der Waals surface area contributed by atoms with Gasteiger partial charge in [-0.05, 0) is 17.9 Å². The molecule has 0 aliphatic rings. The van der Waals surface area contributed by atoms with Crippen LogP contribution in [0, 0.1) is 0 Å². The molecule has 2 N–H and O–H groups in total. The normalized spacial score (nSPS) is 12.8. The molecular formula is C10H15NOS. The molecule has 0 saturated carbocycles. The molecule has 0 aliphatic carbocycles. The van der Waals surface area contributed by atoms with E-state index in [2.05, 4.69) is 0 Å². The minimum atomic E-state index is -0.271. The summed E-state index contributed by atoms with van der Waals surface area (Å²) in [5.74, 6) is 0.157. The highest BCUT2D eigenvalue weighted by atomic mass is 32.1. The predicted molar refractivity (Wildman–Crippen MR) is 55.9 cm³/mol. The van der Waals surface area contributed by atoms with Crippen molar-refractivity contribution in [2.24, 2.45) is 5.73 Å². The Labute approximate surface area is 82.8 Å². The van der Waals surface area contributed by atoms with Crippen LogP contribution in [0.2, 0.25) is 0 Å². The van der Waals surface area contributed by atoms with E-state index < -0.39 is 0 Å². The Morgan fingerprint density at radius 3 is 3.00 bits per heavy atom. The standard InChI is InChI=1S/C10H15NOS/c1-2-4-9(11)10(12)7-8-5-3-6-13-8/h3,5-6,9H,2,4,7,11H2,1H3. The van der Waals surface area contributed by atoms with E-state index in [9.17, 15) is 4.79 Å². The first kappa shape index (κ1) is 10.4. The Hall–Kier alpha value is -0.670. The molecule has 1 atom stereocenters. The molecule has 13 heavy (non-hydrogen) atoms. The first-order valence-electron chi connectivity index (χ1n) is 4.54. The molecular weight excluding hydrogens is 182 g/mol. The number of ketones is 1. The molecule has 0 saturated heterocycles. The Kier molecular flexibility index (Phi) is 4.12. The zero-order valence-corrected chi connectivity index (χ0v) is 8.64. The molecule has 2 nitrogen and oxygen atoms in total. The van der Waals surface area contributed by atoms with Crippen molar-refractivity contribution < 1.29 is 4.79 Å². The number of carbonyl (C=O) groups excluding carboxylic acids is 1. The summed E-state index contributed by atoms with van der Waals surface area (Å²) in [5, 5.41) is 1.98. The minimum Gasteiger partial charge on any atom is -0.321 e. The first-order chi connectivity index (χ1) is 6.24. The second-order valence-corrected chi connectivity index (χ2v) is 4.15. The monoisotopic (exact) mass is 197 g/mol. The largest absolute Gasteiger partial charge is 0.321 e. The highest BCUT2D eigenvalue weighted by molar-refractivity contribution is 7.10. The van der Waals surface area contributed by atoms with Crippen LogP contribution in [0.1, 0.15) is 24.6 Å². The Balaban J connectivity index is 2.41. The number of hydrogen-bond donors (Lipinski definition) is 1. The van der Waals surface area contributed by atoms with Gasteiger partial charge >= 0.3 is 0 Å². The Morgan fingerprint density at radius 1 is 1.69 bits per heavy atom. The van der Waals surface area contributed by atoms with Crippen molar-refractivity contribution >= 4 is 17.1 Å². The molecule has 0 radical (unpaired) electrons. The second-order valence-electron chi connectivity index (χ2n) is 3.12. The van der Waals surface area contributed by atoms with Gasteiger partial charge in [0.05, 0.1) is 6.04 Å². The summed E-state index contributed by atoms with van der Waals surface area (Å²) in [6.45, 7) is 2.04.